The predicted octanol–water partition coefficient (Wildman–Crippen LogP) is 4.03. The van der Waals surface area contributed by atoms with Gasteiger partial charge in [-0.15, -0.1) is 0 Å². The molecule has 1 N–H and O–H groups in total. The van der Waals surface area contributed by atoms with Gasteiger partial charge in [0.25, 0.3) is 0 Å². The van der Waals surface area contributed by atoms with Crippen LogP contribution in [0.4, 0.5) is 5.69 Å². The van der Waals surface area contributed by atoms with Crippen LogP contribution in [0.25, 0.3) is 0 Å². The van der Waals surface area contributed by atoms with Gasteiger partial charge in [0.1, 0.15) is 5.92 Å². The molecule has 1 aromatic rings. The van der Waals surface area contributed by atoms with Crippen LogP contribution >= 0.6 is 0 Å². The van der Waals surface area contributed by atoms with Crippen LogP contribution in [0.2, 0.25) is 0 Å². The van der Waals surface area contributed by atoms with Crippen LogP contribution in [0, 0.1) is 5.92 Å². The molecule has 4 heteroatoms. The van der Waals surface area contributed by atoms with Crippen LogP contribution in [0.5, 0.6) is 0 Å². The number of hydrogen-bond acceptors (Lipinski definition) is 2. The fourth-order valence-electron chi connectivity index (χ4n) is 3.12. The van der Waals surface area contributed by atoms with E-state index >= 15 is 0 Å². The summed E-state index contributed by atoms with van der Waals surface area (Å²) in [5.41, 5.74) is 2.09. The highest BCUT2D eigenvalue weighted by molar-refractivity contribution is 6.07. The number of hydrogen-bond donors (Lipinski definition) is 1. The van der Waals surface area contributed by atoms with Crippen molar-refractivity contribution < 1.29 is 14.7 Å². The Morgan fingerprint density at radius 1 is 1.13 bits per heavy atom. The zero-order chi connectivity index (χ0) is 16.7. The minimum Gasteiger partial charge on any atom is -0.481 e. The number of aliphatic carboxylic acids is 1. The van der Waals surface area contributed by atoms with E-state index in [1.807, 2.05) is 12.1 Å². The largest absolute Gasteiger partial charge is 0.481 e. The third-order valence-corrected chi connectivity index (χ3v) is 4.57. The number of aryl methyl sites for hydroxylation is 1. The first-order chi connectivity index (χ1) is 11.1. The van der Waals surface area contributed by atoms with E-state index in [-0.39, 0.29) is 5.91 Å². The highest BCUT2D eigenvalue weighted by Crippen LogP contribution is 2.26. The maximum atomic E-state index is 12.1. The van der Waals surface area contributed by atoms with Crippen molar-refractivity contribution in [1.29, 1.82) is 0 Å². The molecule has 2 rings (SSSR count). The molecule has 1 amide bonds. The van der Waals surface area contributed by atoms with E-state index in [2.05, 4.69) is 19.1 Å². The normalized spacial score (nSPS) is 17.7. The molecular weight excluding hydrogens is 290 g/mol. The monoisotopic (exact) mass is 317 g/mol. The summed E-state index contributed by atoms with van der Waals surface area (Å²) < 4.78 is 0. The van der Waals surface area contributed by atoms with Crippen molar-refractivity contribution >= 4 is 17.6 Å². The molecule has 1 aromatic carbocycles. The van der Waals surface area contributed by atoms with Gasteiger partial charge in [-0.2, -0.15) is 0 Å². The van der Waals surface area contributed by atoms with Gasteiger partial charge in [-0.05, 0) is 37.0 Å². The standard InChI is InChI=1S/C19H27NO3/c1-2-3-4-5-6-7-8-15-9-11-16(12-10-15)20-14-13-17(18(20)21)19(22)23/h9-12,17H,2-8,13-14H2,1H3,(H,22,23). The van der Waals surface area contributed by atoms with E-state index in [4.69, 9.17) is 5.11 Å². The summed E-state index contributed by atoms with van der Waals surface area (Å²) >= 11 is 0. The molecule has 0 saturated carbocycles. The maximum absolute atomic E-state index is 12.1. The van der Waals surface area contributed by atoms with Crippen LogP contribution in [0.15, 0.2) is 24.3 Å². The van der Waals surface area contributed by atoms with E-state index in [1.54, 1.807) is 4.90 Å². The summed E-state index contributed by atoms with van der Waals surface area (Å²) in [6, 6.07) is 7.99. The number of anilines is 1. The van der Waals surface area contributed by atoms with E-state index in [0.717, 1.165) is 12.1 Å². The molecular formula is C19H27NO3. The van der Waals surface area contributed by atoms with Gasteiger partial charge in [-0.1, -0.05) is 51.2 Å². The van der Waals surface area contributed by atoms with Gasteiger partial charge in [0.15, 0.2) is 0 Å². The molecule has 0 aromatic heterocycles. The van der Waals surface area contributed by atoms with Crippen molar-refractivity contribution in [3.8, 4) is 0 Å². The van der Waals surface area contributed by atoms with Gasteiger partial charge in [0, 0.05) is 12.2 Å². The lowest BCUT2D eigenvalue weighted by molar-refractivity contribution is -0.144. The molecule has 0 radical (unpaired) electrons. The molecule has 1 atom stereocenters. The fourth-order valence-corrected chi connectivity index (χ4v) is 3.12. The second-order valence-electron chi connectivity index (χ2n) is 6.35. The Kier molecular flexibility index (Phi) is 6.63. The molecule has 126 valence electrons. The minimum atomic E-state index is -1.02. The Balaban J connectivity index is 1.81. The Morgan fingerprint density at radius 3 is 2.39 bits per heavy atom. The summed E-state index contributed by atoms with van der Waals surface area (Å²) in [6.45, 7) is 2.72. The SMILES string of the molecule is CCCCCCCCc1ccc(N2CCC(C(=O)O)C2=O)cc1. The van der Waals surface area contributed by atoms with Crippen molar-refractivity contribution in [1.82, 2.24) is 0 Å². The number of amides is 1. The smallest absolute Gasteiger partial charge is 0.316 e. The Labute approximate surface area is 138 Å². The van der Waals surface area contributed by atoms with Crippen LogP contribution in [-0.4, -0.2) is 23.5 Å². The van der Waals surface area contributed by atoms with E-state index in [1.165, 1.54) is 44.1 Å². The molecule has 23 heavy (non-hydrogen) atoms. The van der Waals surface area contributed by atoms with Crippen molar-refractivity contribution in [3.63, 3.8) is 0 Å². The van der Waals surface area contributed by atoms with Crippen molar-refractivity contribution in [3.05, 3.63) is 29.8 Å². The van der Waals surface area contributed by atoms with Gasteiger partial charge in [0.2, 0.25) is 5.91 Å². The zero-order valence-electron chi connectivity index (χ0n) is 14.0. The molecule has 1 saturated heterocycles. The number of carbonyl (C=O) groups is 2. The number of nitrogens with zero attached hydrogens (tertiary/aromatic N) is 1. The highest BCUT2D eigenvalue weighted by Gasteiger charge is 2.37. The van der Waals surface area contributed by atoms with Crippen LogP contribution in [0.3, 0.4) is 0 Å². The second-order valence-corrected chi connectivity index (χ2v) is 6.35. The molecule has 0 aliphatic carbocycles. The van der Waals surface area contributed by atoms with Gasteiger partial charge < -0.3 is 10.0 Å². The maximum Gasteiger partial charge on any atom is 0.316 e. The molecule has 0 spiro atoms. The summed E-state index contributed by atoms with van der Waals surface area (Å²) in [4.78, 5) is 24.7. The third kappa shape index (κ3) is 4.81. The summed E-state index contributed by atoms with van der Waals surface area (Å²) in [5.74, 6) is -2.18. The lowest BCUT2D eigenvalue weighted by Crippen LogP contribution is -2.30. The number of rotatable bonds is 9. The van der Waals surface area contributed by atoms with E-state index in [9.17, 15) is 9.59 Å². The van der Waals surface area contributed by atoms with Gasteiger partial charge in [-0.3, -0.25) is 9.59 Å². The van der Waals surface area contributed by atoms with Crippen molar-refractivity contribution in [2.75, 3.05) is 11.4 Å². The first-order valence-corrected chi connectivity index (χ1v) is 8.76. The summed E-state index contributed by atoms with van der Waals surface area (Å²) in [7, 11) is 0. The number of carbonyl (C=O) groups excluding carboxylic acids is 1. The van der Waals surface area contributed by atoms with Gasteiger partial charge >= 0.3 is 5.97 Å². The first-order valence-electron chi connectivity index (χ1n) is 8.76. The van der Waals surface area contributed by atoms with Crippen LogP contribution < -0.4 is 4.90 Å². The van der Waals surface area contributed by atoms with Crippen molar-refractivity contribution in [2.24, 2.45) is 5.92 Å². The molecule has 0 bridgehead atoms. The van der Waals surface area contributed by atoms with Crippen LogP contribution in [-0.2, 0) is 16.0 Å². The average Bonchev–Trinajstić information content (AvgIpc) is 2.93. The number of benzene rings is 1. The molecule has 1 aliphatic rings. The minimum absolute atomic E-state index is 0.291. The van der Waals surface area contributed by atoms with E-state index in [0.29, 0.717) is 13.0 Å². The summed E-state index contributed by atoms with van der Waals surface area (Å²) in [5, 5.41) is 9.02. The summed E-state index contributed by atoms with van der Waals surface area (Å²) in [6.07, 6.45) is 9.18. The third-order valence-electron chi connectivity index (χ3n) is 4.57. The number of carboxylic acids is 1. The Morgan fingerprint density at radius 2 is 1.78 bits per heavy atom. The Hall–Kier alpha value is -1.84. The lowest BCUT2D eigenvalue weighted by Gasteiger charge is -2.16. The lowest BCUT2D eigenvalue weighted by atomic mass is 10.0. The molecule has 1 aliphatic heterocycles. The number of carboxylic acid groups (broad SMARTS) is 1. The van der Waals surface area contributed by atoms with E-state index < -0.39 is 11.9 Å². The fraction of sp³-hybridized carbons (Fsp3) is 0.579. The molecule has 1 unspecified atom stereocenters. The molecule has 4 nitrogen and oxygen atoms in total. The topological polar surface area (TPSA) is 57.6 Å². The second kappa shape index (κ2) is 8.70. The number of unbranched alkanes of at least 4 members (excludes halogenated alkanes) is 5. The molecule has 1 heterocycles. The van der Waals surface area contributed by atoms with Gasteiger partial charge in [0.05, 0.1) is 0 Å². The van der Waals surface area contributed by atoms with Crippen LogP contribution in [0.1, 0.15) is 57.4 Å². The predicted molar refractivity (Wildman–Crippen MR) is 91.6 cm³/mol. The van der Waals surface area contributed by atoms with Crippen molar-refractivity contribution in [2.45, 2.75) is 58.3 Å². The average molecular weight is 317 g/mol. The first kappa shape index (κ1) is 17.5. The Bertz CT molecular complexity index is 524. The zero-order valence-corrected chi connectivity index (χ0v) is 14.0. The van der Waals surface area contributed by atoms with Gasteiger partial charge in [-0.25, -0.2) is 0 Å². The molecule has 1 fully saturated rings. The highest BCUT2D eigenvalue weighted by atomic mass is 16.4. The quantitative estimate of drug-likeness (QED) is 0.552.